The first-order valence-electron chi connectivity index (χ1n) is 9.82. The average molecular weight is 381 g/mol. The van der Waals surface area contributed by atoms with Gasteiger partial charge in [-0.15, -0.1) is 0 Å². The summed E-state index contributed by atoms with van der Waals surface area (Å²) >= 11 is 0. The normalized spacial score (nSPS) is 19.1. The molecule has 28 heavy (non-hydrogen) atoms. The minimum Gasteiger partial charge on any atom is -0.481 e. The molecule has 2 atom stereocenters. The topological polar surface area (TPSA) is 75.6 Å². The summed E-state index contributed by atoms with van der Waals surface area (Å²) in [5.41, 5.74) is 3.21. The van der Waals surface area contributed by atoms with Crippen LogP contribution in [0.3, 0.4) is 0 Å². The molecule has 5 heteroatoms. The molecular weight excluding hydrogens is 354 g/mol. The van der Waals surface area contributed by atoms with Crippen LogP contribution >= 0.6 is 0 Å². The van der Waals surface area contributed by atoms with Crippen molar-refractivity contribution in [3.8, 4) is 0 Å². The molecule has 1 saturated carbocycles. The van der Waals surface area contributed by atoms with Gasteiger partial charge in [-0.05, 0) is 36.0 Å². The number of ether oxygens (including phenoxy) is 1. The third kappa shape index (κ3) is 5.92. The van der Waals surface area contributed by atoms with Crippen molar-refractivity contribution in [2.75, 3.05) is 0 Å². The number of carbonyl (C=O) groups excluding carboxylic acids is 1. The predicted octanol–water partition coefficient (Wildman–Crippen LogP) is 3.91. The highest BCUT2D eigenvalue weighted by molar-refractivity contribution is 5.80. The Labute approximate surface area is 165 Å². The molecule has 2 aromatic carbocycles. The molecule has 5 nitrogen and oxygen atoms in total. The van der Waals surface area contributed by atoms with E-state index in [1.165, 1.54) is 0 Å². The Morgan fingerprint density at radius 3 is 2.39 bits per heavy atom. The molecule has 0 saturated heterocycles. The van der Waals surface area contributed by atoms with Crippen LogP contribution < -0.4 is 5.32 Å². The number of hydrogen-bond donors (Lipinski definition) is 2. The van der Waals surface area contributed by atoms with Crippen LogP contribution in [-0.2, 0) is 34.1 Å². The summed E-state index contributed by atoms with van der Waals surface area (Å²) in [4.78, 5) is 23.6. The van der Waals surface area contributed by atoms with Crippen LogP contribution in [0.15, 0.2) is 54.6 Å². The van der Waals surface area contributed by atoms with E-state index in [-0.39, 0.29) is 11.8 Å². The zero-order chi connectivity index (χ0) is 19.8. The Morgan fingerprint density at radius 2 is 1.61 bits per heavy atom. The number of benzene rings is 2. The van der Waals surface area contributed by atoms with E-state index in [1.807, 2.05) is 54.6 Å². The van der Waals surface area contributed by atoms with Gasteiger partial charge in [-0.3, -0.25) is 9.59 Å². The van der Waals surface area contributed by atoms with Crippen LogP contribution in [-0.4, -0.2) is 17.0 Å². The Morgan fingerprint density at radius 1 is 0.929 bits per heavy atom. The van der Waals surface area contributed by atoms with Crippen LogP contribution in [0.25, 0.3) is 0 Å². The molecule has 0 aromatic heterocycles. The third-order valence-electron chi connectivity index (χ3n) is 5.23. The summed E-state index contributed by atoms with van der Waals surface area (Å²) < 4.78 is 5.77. The number of amides is 1. The van der Waals surface area contributed by atoms with E-state index >= 15 is 0 Å². The largest absolute Gasteiger partial charge is 0.481 e. The highest BCUT2D eigenvalue weighted by atomic mass is 16.5. The molecule has 1 aliphatic carbocycles. The minimum absolute atomic E-state index is 0.0447. The summed E-state index contributed by atoms with van der Waals surface area (Å²) in [7, 11) is 0. The van der Waals surface area contributed by atoms with Gasteiger partial charge in [0.05, 0.1) is 19.1 Å². The van der Waals surface area contributed by atoms with Crippen molar-refractivity contribution in [3.63, 3.8) is 0 Å². The molecule has 0 radical (unpaired) electrons. The Balaban J connectivity index is 1.46. The van der Waals surface area contributed by atoms with Gasteiger partial charge in [-0.1, -0.05) is 61.0 Å². The number of aliphatic carboxylic acids is 1. The van der Waals surface area contributed by atoms with E-state index in [0.717, 1.165) is 29.5 Å². The maximum Gasteiger partial charge on any atom is 0.306 e. The van der Waals surface area contributed by atoms with Crippen LogP contribution in [0.4, 0.5) is 0 Å². The first kappa shape index (κ1) is 20.1. The summed E-state index contributed by atoms with van der Waals surface area (Å²) in [6.07, 6.45) is 2.67. The number of rotatable bonds is 8. The predicted molar refractivity (Wildman–Crippen MR) is 106 cm³/mol. The van der Waals surface area contributed by atoms with Crippen molar-refractivity contribution in [1.29, 1.82) is 0 Å². The monoisotopic (exact) mass is 381 g/mol. The molecule has 0 aliphatic heterocycles. The maximum absolute atomic E-state index is 12.4. The van der Waals surface area contributed by atoms with Gasteiger partial charge in [0.25, 0.3) is 0 Å². The quantitative estimate of drug-likeness (QED) is 0.727. The Bertz CT molecular complexity index is 790. The molecule has 148 valence electrons. The van der Waals surface area contributed by atoms with Gasteiger partial charge < -0.3 is 15.2 Å². The Hall–Kier alpha value is -2.66. The summed E-state index contributed by atoms with van der Waals surface area (Å²) in [5, 5.41) is 12.1. The molecule has 0 bridgehead atoms. The van der Waals surface area contributed by atoms with Crippen LogP contribution in [0.5, 0.6) is 0 Å². The van der Waals surface area contributed by atoms with Gasteiger partial charge in [-0.25, -0.2) is 0 Å². The number of nitrogens with one attached hydrogen (secondary N) is 1. The van der Waals surface area contributed by atoms with Crippen molar-refractivity contribution >= 4 is 11.9 Å². The van der Waals surface area contributed by atoms with Crippen LogP contribution in [0, 0.1) is 11.8 Å². The standard InChI is InChI=1S/C23H27NO4/c25-22(20-10-5-11-21(13-20)23(26)27)24-14-18-8-4-9-19(12-18)16-28-15-17-6-2-1-3-7-17/h1-4,6-9,12,20-21H,5,10-11,13-16H2,(H,24,25)(H,26,27). The molecule has 2 N–H and O–H groups in total. The van der Waals surface area contributed by atoms with Crippen molar-refractivity contribution < 1.29 is 19.4 Å². The second kappa shape index (κ2) is 10.0. The smallest absolute Gasteiger partial charge is 0.306 e. The summed E-state index contributed by atoms with van der Waals surface area (Å²) in [6.45, 7) is 1.52. The number of carbonyl (C=O) groups is 2. The molecule has 2 aromatic rings. The average Bonchev–Trinajstić information content (AvgIpc) is 2.73. The number of carboxylic acid groups (broad SMARTS) is 1. The summed E-state index contributed by atoms with van der Waals surface area (Å²) in [5.74, 6) is -1.43. The molecule has 2 unspecified atom stereocenters. The van der Waals surface area contributed by atoms with Gasteiger partial charge in [-0.2, -0.15) is 0 Å². The minimum atomic E-state index is -0.791. The fourth-order valence-corrected chi connectivity index (χ4v) is 3.68. The first-order valence-corrected chi connectivity index (χ1v) is 9.82. The summed E-state index contributed by atoms with van der Waals surface area (Å²) in [6, 6.07) is 18.0. The second-order valence-corrected chi connectivity index (χ2v) is 7.41. The van der Waals surface area contributed by atoms with E-state index in [9.17, 15) is 14.7 Å². The van der Waals surface area contributed by atoms with Crippen molar-refractivity contribution in [2.45, 2.75) is 45.4 Å². The zero-order valence-corrected chi connectivity index (χ0v) is 16.0. The lowest BCUT2D eigenvalue weighted by atomic mass is 9.81. The molecule has 3 rings (SSSR count). The van der Waals surface area contributed by atoms with Crippen molar-refractivity contribution in [1.82, 2.24) is 5.32 Å². The molecule has 0 heterocycles. The fraction of sp³-hybridized carbons (Fsp3) is 0.391. The SMILES string of the molecule is O=C(O)C1CCCC(C(=O)NCc2cccc(COCc3ccccc3)c2)C1. The lowest BCUT2D eigenvalue weighted by Gasteiger charge is -2.25. The van der Waals surface area contributed by atoms with Gasteiger partial charge in [0.15, 0.2) is 0 Å². The second-order valence-electron chi connectivity index (χ2n) is 7.41. The van der Waals surface area contributed by atoms with E-state index < -0.39 is 11.9 Å². The zero-order valence-electron chi connectivity index (χ0n) is 16.0. The molecule has 1 amide bonds. The molecule has 0 spiro atoms. The van der Waals surface area contributed by atoms with Gasteiger partial charge >= 0.3 is 5.97 Å². The molecule has 1 fully saturated rings. The van der Waals surface area contributed by atoms with Crippen LogP contribution in [0.2, 0.25) is 0 Å². The van der Waals surface area contributed by atoms with E-state index in [2.05, 4.69) is 5.32 Å². The molecule has 1 aliphatic rings. The van der Waals surface area contributed by atoms with Gasteiger partial charge in [0.2, 0.25) is 5.91 Å². The number of carboxylic acids is 1. The van der Waals surface area contributed by atoms with Crippen molar-refractivity contribution in [2.24, 2.45) is 11.8 Å². The third-order valence-corrected chi connectivity index (χ3v) is 5.23. The maximum atomic E-state index is 12.4. The van der Waals surface area contributed by atoms with Crippen LogP contribution in [0.1, 0.15) is 42.4 Å². The highest BCUT2D eigenvalue weighted by Gasteiger charge is 2.30. The Kier molecular flexibility index (Phi) is 7.20. The van der Waals surface area contributed by atoms with Gasteiger partial charge in [0, 0.05) is 12.5 Å². The van der Waals surface area contributed by atoms with E-state index in [0.29, 0.717) is 32.6 Å². The molecular formula is C23H27NO4. The number of hydrogen-bond acceptors (Lipinski definition) is 3. The van der Waals surface area contributed by atoms with Crippen molar-refractivity contribution in [3.05, 3.63) is 71.3 Å². The van der Waals surface area contributed by atoms with E-state index in [4.69, 9.17) is 4.74 Å². The highest BCUT2D eigenvalue weighted by Crippen LogP contribution is 2.29. The van der Waals surface area contributed by atoms with Gasteiger partial charge in [0.1, 0.15) is 0 Å². The lowest BCUT2D eigenvalue weighted by molar-refractivity contribution is -0.144. The fourth-order valence-electron chi connectivity index (χ4n) is 3.68. The first-order chi connectivity index (χ1) is 13.6. The lowest BCUT2D eigenvalue weighted by Crippen LogP contribution is -2.35. The van der Waals surface area contributed by atoms with E-state index in [1.54, 1.807) is 0 Å².